The third-order valence-electron chi connectivity index (χ3n) is 6.78. The summed E-state index contributed by atoms with van der Waals surface area (Å²) in [6.45, 7) is 8.15. The van der Waals surface area contributed by atoms with Gasteiger partial charge in [-0.1, -0.05) is 13.8 Å². The largest absolute Gasteiger partial charge is 0.355 e. The summed E-state index contributed by atoms with van der Waals surface area (Å²) in [5.74, 6) is 2.17. The zero-order valence-corrected chi connectivity index (χ0v) is 16.7. The van der Waals surface area contributed by atoms with Crippen LogP contribution in [0.3, 0.4) is 0 Å². The second-order valence-corrected chi connectivity index (χ2v) is 9.21. The average molecular weight is 381 g/mol. The number of carbonyl (C=O) groups excluding carboxylic acids is 1. The van der Waals surface area contributed by atoms with Crippen LogP contribution in [-0.4, -0.2) is 56.7 Å². The molecule has 0 aromatic carbocycles. The second kappa shape index (κ2) is 5.93. The number of rotatable bonds is 4. The summed E-state index contributed by atoms with van der Waals surface area (Å²) in [4.78, 5) is 26.1. The minimum atomic E-state index is 0.0828. The van der Waals surface area contributed by atoms with Crippen LogP contribution in [0.25, 0.3) is 0 Å². The standard InChI is InChI=1S/C20H27N7O/c1-19-10-26(11-20(19,2)13-27(12-19)17(28)14-4-5-14)16-6-7-21-18(24-16)23-15-8-22-25(3)9-15/h6-9,14H,4-5,10-13H2,1-3H3,(H,21,23,24)/t19-,20+. The number of anilines is 3. The number of nitrogens with zero attached hydrogens (tertiary/aromatic N) is 6. The van der Waals surface area contributed by atoms with Crippen molar-refractivity contribution in [3.63, 3.8) is 0 Å². The summed E-state index contributed by atoms with van der Waals surface area (Å²) >= 11 is 0. The van der Waals surface area contributed by atoms with E-state index in [1.165, 1.54) is 0 Å². The topological polar surface area (TPSA) is 79.2 Å². The molecule has 4 heterocycles. The van der Waals surface area contributed by atoms with E-state index >= 15 is 0 Å². The number of hydrogen-bond donors (Lipinski definition) is 1. The summed E-state index contributed by atoms with van der Waals surface area (Å²) in [5, 5.41) is 7.38. The molecule has 2 aromatic rings. The van der Waals surface area contributed by atoms with Gasteiger partial charge in [0.2, 0.25) is 11.9 Å². The van der Waals surface area contributed by atoms with Gasteiger partial charge in [0.15, 0.2) is 0 Å². The molecule has 2 aliphatic heterocycles. The van der Waals surface area contributed by atoms with E-state index in [9.17, 15) is 4.79 Å². The Kier molecular flexibility index (Phi) is 3.70. The van der Waals surface area contributed by atoms with Crippen LogP contribution in [0.5, 0.6) is 0 Å². The molecule has 3 fully saturated rings. The Morgan fingerprint density at radius 3 is 2.50 bits per heavy atom. The third-order valence-corrected chi connectivity index (χ3v) is 6.78. The van der Waals surface area contributed by atoms with E-state index in [1.54, 1.807) is 17.1 Å². The molecule has 1 amide bonds. The van der Waals surface area contributed by atoms with Gasteiger partial charge in [-0.2, -0.15) is 10.1 Å². The number of carbonyl (C=O) groups is 1. The first-order chi connectivity index (χ1) is 13.4. The van der Waals surface area contributed by atoms with Crippen molar-refractivity contribution in [1.29, 1.82) is 0 Å². The molecule has 0 unspecified atom stereocenters. The number of amides is 1. The lowest BCUT2D eigenvalue weighted by atomic mass is 9.71. The van der Waals surface area contributed by atoms with Crippen LogP contribution in [0.2, 0.25) is 0 Å². The fourth-order valence-corrected chi connectivity index (χ4v) is 4.77. The monoisotopic (exact) mass is 381 g/mol. The van der Waals surface area contributed by atoms with Crippen LogP contribution in [0.1, 0.15) is 26.7 Å². The number of aromatic nitrogens is 4. The smallest absolute Gasteiger partial charge is 0.229 e. The van der Waals surface area contributed by atoms with Crippen LogP contribution in [0.4, 0.5) is 17.5 Å². The zero-order chi connectivity index (χ0) is 19.5. The molecule has 0 bridgehead atoms. The van der Waals surface area contributed by atoms with Gasteiger partial charge in [0, 0.05) is 62.4 Å². The Balaban J connectivity index is 1.32. The molecule has 8 heteroatoms. The van der Waals surface area contributed by atoms with E-state index in [4.69, 9.17) is 4.98 Å². The second-order valence-electron chi connectivity index (χ2n) is 9.21. The lowest BCUT2D eigenvalue weighted by molar-refractivity contribution is -0.132. The van der Waals surface area contributed by atoms with Gasteiger partial charge >= 0.3 is 0 Å². The highest BCUT2D eigenvalue weighted by molar-refractivity contribution is 5.81. The summed E-state index contributed by atoms with van der Waals surface area (Å²) < 4.78 is 1.74. The summed E-state index contributed by atoms with van der Waals surface area (Å²) in [6.07, 6.45) is 7.58. The van der Waals surface area contributed by atoms with E-state index < -0.39 is 0 Å². The Morgan fingerprint density at radius 1 is 1.18 bits per heavy atom. The maximum Gasteiger partial charge on any atom is 0.229 e. The summed E-state index contributed by atoms with van der Waals surface area (Å²) in [6, 6.07) is 1.97. The van der Waals surface area contributed by atoms with Crippen molar-refractivity contribution >= 4 is 23.4 Å². The van der Waals surface area contributed by atoms with E-state index in [-0.39, 0.29) is 10.8 Å². The van der Waals surface area contributed by atoms with E-state index in [1.807, 2.05) is 19.3 Å². The van der Waals surface area contributed by atoms with Gasteiger partial charge in [0.05, 0.1) is 11.9 Å². The number of aryl methyl sites for hydroxylation is 1. The molecule has 2 atom stereocenters. The lowest BCUT2D eigenvalue weighted by Crippen LogP contribution is -2.36. The highest BCUT2D eigenvalue weighted by Crippen LogP contribution is 2.53. The Morgan fingerprint density at radius 2 is 1.89 bits per heavy atom. The van der Waals surface area contributed by atoms with Crippen molar-refractivity contribution in [3.8, 4) is 0 Å². The molecule has 2 aromatic heterocycles. The predicted octanol–water partition coefficient (Wildman–Crippen LogP) is 2.04. The van der Waals surface area contributed by atoms with Crippen LogP contribution in [-0.2, 0) is 11.8 Å². The van der Waals surface area contributed by atoms with Gasteiger partial charge in [0.25, 0.3) is 0 Å². The fourth-order valence-electron chi connectivity index (χ4n) is 4.77. The molecule has 3 aliphatic rings. The van der Waals surface area contributed by atoms with Crippen LogP contribution in [0, 0.1) is 16.7 Å². The molecular weight excluding hydrogens is 354 g/mol. The molecule has 0 radical (unpaired) electrons. The van der Waals surface area contributed by atoms with Crippen LogP contribution < -0.4 is 10.2 Å². The Hall–Kier alpha value is -2.64. The number of nitrogens with one attached hydrogen (secondary N) is 1. The first-order valence-corrected chi connectivity index (χ1v) is 9.98. The Bertz CT molecular complexity index is 903. The predicted molar refractivity (Wildman–Crippen MR) is 106 cm³/mol. The van der Waals surface area contributed by atoms with Crippen LogP contribution >= 0.6 is 0 Å². The molecule has 1 aliphatic carbocycles. The maximum atomic E-state index is 12.6. The quantitative estimate of drug-likeness (QED) is 0.873. The molecule has 8 nitrogen and oxygen atoms in total. The molecular formula is C20H27N7O. The van der Waals surface area contributed by atoms with Crippen molar-refractivity contribution in [2.75, 3.05) is 36.4 Å². The van der Waals surface area contributed by atoms with Crippen molar-refractivity contribution in [2.45, 2.75) is 26.7 Å². The maximum absolute atomic E-state index is 12.6. The van der Waals surface area contributed by atoms with E-state index in [0.717, 1.165) is 50.5 Å². The molecule has 148 valence electrons. The van der Waals surface area contributed by atoms with Gasteiger partial charge in [-0.25, -0.2) is 4.98 Å². The fraction of sp³-hybridized carbons (Fsp3) is 0.600. The molecule has 1 N–H and O–H groups in total. The SMILES string of the molecule is Cn1cc(Nc2nccc(N3C[C@]4(C)CN(C(=O)C5CC5)C[C@]4(C)C3)n2)cn1. The van der Waals surface area contributed by atoms with Crippen LogP contribution in [0.15, 0.2) is 24.7 Å². The van der Waals surface area contributed by atoms with Crippen molar-refractivity contribution in [1.82, 2.24) is 24.6 Å². The average Bonchev–Trinajstić information content (AvgIpc) is 3.30. The number of likely N-dealkylation sites (tertiary alicyclic amines) is 1. The minimum absolute atomic E-state index is 0.0828. The van der Waals surface area contributed by atoms with Crippen molar-refractivity contribution in [3.05, 3.63) is 24.7 Å². The first kappa shape index (κ1) is 17.5. The molecule has 2 saturated heterocycles. The molecule has 5 rings (SSSR count). The van der Waals surface area contributed by atoms with E-state index in [2.05, 4.69) is 39.0 Å². The van der Waals surface area contributed by atoms with Gasteiger partial charge in [-0.3, -0.25) is 9.48 Å². The van der Waals surface area contributed by atoms with Gasteiger partial charge in [-0.05, 0) is 18.9 Å². The third kappa shape index (κ3) is 2.82. The molecule has 28 heavy (non-hydrogen) atoms. The van der Waals surface area contributed by atoms with Crippen molar-refractivity contribution < 1.29 is 4.79 Å². The van der Waals surface area contributed by atoms with E-state index in [0.29, 0.717) is 17.8 Å². The van der Waals surface area contributed by atoms with Gasteiger partial charge in [-0.15, -0.1) is 0 Å². The first-order valence-electron chi connectivity index (χ1n) is 9.98. The van der Waals surface area contributed by atoms with Gasteiger partial charge < -0.3 is 15.1 Å². The number of hydrogen-bond acceptors (Lipinski definition) is 6. The summed E-state index contributed by atoms with van der Waals surface area (Å²) in [7, 11) is 1.88. The molecule has 1 saturated carbocycles. The normalized spacial score (nSPS) is 29.2. The van der Waals surface area contributed by atoms with Crippen molar-refractivity contribution in [2.24, 2.45) is 23.8 Å². The molecule has 0 spiro atoms. The Labute approximate surface area is 164 Å². The number of fused-ring (bicyclic) bond motifs is 1. The van der Waals surface area contributed by atoms with Gasteiger partial charge in [0.1, 0.15) is 5.82 Å². The highest BCUT2D eigenvalue weighted by atomic mass is 16.2. The lowest BCUT2D eigenvalue weighted by Gasteiger charge is -2.29. The summed E-state index contributed by atoms with van der Waals surface area (Å²) in [5.41, 5.74) is 1.03. The zero-order valence-electron chi connectivity index (χ0n) is 16.7. The minimum Gasteiger partial charge on any atom is -0.355 e. The highest BCUT2D eigenvalue weighted by Gasteiger charge is 2.59.